The van der Waals surface area contributed by atoms with Crippen molar-refractivity contribution in [2.45, 2.75) is 90.1 Å². The first-order chi connectivity index (χ1) is 14.2. The Labute approximate surface area is 182 Å². The van der Waals surface area contributed by atoms with E-state index in [0.717, 1.165) is 56.5 Å². The number of quaternary nitrogens is 1. The zero-order chi connectivity index (χ0) is 22.4. The number of carboxylic acids is 1. The molecule has 0 aromatic carbocycles. The van der Waals surface area contributed by atoms with Crippen LogP contribution in [-0.4, -0.2) is 50.2 Å². The Morgan fingerprint density at radius 3 is 2.10 bits per heavy atom. The lowest BCUT2D eigenvalue weighted by molar-refractivity contribution is -0.873. The molecule has 172 valence electrons. The van der Waals surface area contributed by atoms with E-state index in [1.165, 1.54) is 19.3 Å². The van der Waals surface area contributed by atoms with Crippen LogP contribution in [0.15, 0.2) is 16.5 Å². The van der Waals surface area contributed by atoms with Gasteiger partial charge in [0.1, 0.15) is 18.1 Å². The number of furan rings is 1. The van der Waals surface area contributed by atoms with Crippen LogP contribution in [0.25, 0.3) is 0 Å². The first kappa shape index (κ1) is 26.2. The molecule has 1 aromatic rings. The fourth-order valence-corrected chi connectivity index (χ4v) is 3.52. The minimum Gasteiger partial charge on any atom is -0.550 e. The number of hydrogen-bond donors (Lipinski definition) is 0. The number of unbranched alkanes of at least 4 members (excludes halogenated alkanes) is 6. The molecule has 1 unspecified atom stereocenters. The highest BCUT2D eigenvalue weighted by Crippen LogP contribution is 2.15. The summed E-state index contributed by atoms with van der Waals surface area (Å²) in [5.41, 5.74) is 0. The molecule has 6 nitrogen and oxygen atoms in total. The first-order valence-electron chi connectivity index (χ1n) is 11.5. The molecule has 0 fully saturated rings. The molecule has 0 aliphatic rings. The van der Waals surface area contributed by atoms with E-state index in [0.29, 0.717) is 17.4 Å². The number of esters is 1. The van der Waals surface area contributed by atoms with E-state index in [-0.39, 0.29) is 12.4 Å². The molecule has 1 rings (SSSR count). The third-order valence-electron chi connectivity index (χ3n) is 4.99. The van der Waals surface area contributed by atoms with E-state index in [1.807, 2.05) is 21.1 Å². The van der Waals surface area contributed by atoms with Gasteiger partial charge >= 0.3 is 5.97 Å². The highest BCUT2D eigenvalue weighted by molar-refractivity contribution is 5.70. The summed E-state index contributed by atoms with van der Waals surface area (Å²) in [5.74, 6) is 0.660. The molecule has 1 atom stereocenters. The summed E-state index contributed by atoms with van der Waals surface area (Å²) < 4.78 is 11.8. The largest absolute Gasteiger partial charge is 0.550 e. The summed E-state index contributed by atoms with van der Waals surface area (Å²) >= 11 is 0. The lowest BCUT2D eigenvalue weighted by Crippen LogP contribution is -2.45. The molecule has 0 saturated heterocycles. The van der Waals surface area contributed by atoms with E-state index in [9.17, 15) is 14.7 Å². The Hall–Kier alpha value is -1.82. The summed E-state index contributed by atoms with van der Waals surface area (Å²) in [7, 11) is 5.81. The monoisotopic (exact) mass is 423 g/mol. The van der Waals surface area contributed by atoms with Crippen molar-refractivity contribution in [3.63, 3.8) is 0 Å². The predicted molar refractivity (Wildman–Crippen MR) is 116 cm³/mol. The quantitative estimate of drug-likeness (QED) is 0.217. The number of rotatable bonds is 17. The van der Waals surface area contributed by atoms with Crippen LogP contribution in [0, 0.1) is 0 Å². The van der Waals surface area contributed by atoms with Crippen molar-refractivity contribution in [1.29, 1.82) is 0 Å². The third-order valence-corrected chi connectivity index (χ3v) is 4.99. The summed E-state index contributed by atoms with van der Waals surface area (Å²) in [6.45, 7) is 2.66. The molecule has 0 saturated carbocycles. The van der Waals surface area contributed by atoms with Gasteiger partial charge in [0.25, 0.3) is 0 Å². The van der Waals surface area contributed by atoms with Gasteiger partial charge in [-0.2, -0.15) is 0 Å². The van der Waals surface area contributed by atoms with E-state index in [2.05, 4.69) is 19.1 Å². The zero-order valence-electron chi connectivity index (χ0n) is 19.4. The number of aryl methyl sites for hydroxylation is 2. The lowest BCUT2D eigenvalue weighted by Gasteiger charge is -2.29. The van der Waals surface area contributed by atoms with Gasteiger partial charge in [-0.3, -0.25) is 4.79 Å². The molecule has 0 spiro atoms. The Bertz CT molecular complexity index is 617. The third kappa shape index (κ3) is 13.4. The van der Waals surface area contributed by atoms with Gasteiger partial charge in [-0.15, -0.1) is 0 Å². The Morgan fingerprint density at radius 2 is 1.53 bits per heavy atom. The number of nitrogens with zero attached hydrogens (tertiary/aromatic N) is 1. The number of aliphatic carboxylic acids is 1. The molecule has 1 aromatic heterocycles. The average molecular weight is 424 g/mol. The van der Waals surface area contributed by atoms with Crippen molar-refractivity contribution in [3.8, 4) is 0 Å². The fraction of sp³-hybridized carbons (Fsp3) is 0.750. The maximum atomic E-state index is 12.0. The summed E-state index contributed by atoms with van der Waals surface area (Å²) in [4.78, 5) is 22.9. The van der Waals surface area contributed by atoms with Crippen LogP contribution in [-0.2, 0) is 27.2 Å². The Kier molecular flexibility index (Phi) is 12.4. The van der Waals surface area contributed by atoms with Crippen LogP contribution in [0.4, 0.5) is 0 Å². The molecule has 30 heavy (non-hydrogen) atoms. The van der Waals surface area contributed by atoms with Crippen LogP contribution in [0.3, 0.4) is 0 Å². The summed E-state index contributed by atoms with van der Waals surface area (Å²) in [6, 6.07) is 4.19. The van der Waals surface area contributed by atoms with Gasteiger partial charge in [0.2, 0.25) is 0 Å². The van der Waals surface area contributed by atoms with E-state index >= 15 is 0 Å². The van der Waals surface area contributed by atoms with Crippen LogP contribution in [0.5, 0.6) is 0 Å². The second-order valence-electron chi connectivity index (χ2n) is 9.25. The standard InChI is InChI=1S/C24H41NO5/c1-5-6-10-13-20-16-17-21(29-20)14-11-8-7-9-12-15-24(28)30-22(18-23(26)27)19-25(2,3)4/h16-17,22H,5-15,18-19H2,1-4H3. The SMILES string of the molecule is CCCCCc1ccc(CCCCCCCC(=O)OC(CC(=O)[O-])C[N+](C)(C)C)o1. The minimum atomic E-state index is -1.19. The van der Waals surface area contributed by atoms with Gasteiger partial charge in [0, 0.05) is 31.7 Å². The Balaban J connectivity index is 2.13. The van der Waals surface area contributed by atoms with Crippen molar-refractivity contribution in [3.05, 3.63) is 23.7 Å². The highest BCUT2D eigenvalue weighted by atomic mass is 16.5. The molecule has 0 aliphatic heterocycles. The number of carbonyl (C=O) groups is 2. The van der Waals surface area contributed by atoms with Gasteiger partial charge in [-0.25, -0.2) is 0 Å². The van der Waals surface area contributed by atoms with Crippen LogP contribution in [0.1, 0.15) is 82.7 Å². The van der Waals surface area contributed by atoms with Crippen molar-refractivity contribution in [2.24, 2.45) is 0 Å². The van der Waals surface area contributed by atoms with E-state index in [4.69, 9.17) is 9.15 Å². The number of carbonyl (C=O) groups excluding carboxylic acids is 2. The zero-order valence-corrected chi connectivity index (χ0v) is 19.4. The van der Waals surface area contributed by atoms with E-state index in [1.54, 1.807) is 0 Å². The van der Waals surface area contributed by atoms with E-state index < -0.39 is 12.1 Å². The molecule has 0 bridgehead atoms. The van der Waals surface area contributed by atoms with Crippen molar-refractivity contribution in [1.82, 2.24) is 0 Å². The summed E-state index contributed by atoms with van der Waals surface area (Å²) in [6.07, 6.45) is 10.1. The van der Waals surface area contributed by atoms with Crippen molar-refractivity contribution >= 4 is 11.9 Å². The maximum Gasteiger partial charge on any atom is 0.306 e. The van der Waals surface area contributed by atoms with Crippen LogP contribution in [0.2, 0.25) is 0 Å². The molecular weight excluding hydrogens is 382 g/mol. The van der Waals surface area contributed by atoms with Crippen molar-refractivity contribution < 1.29 is 28.3 Å². The smallest absolute Gasteiger partial charge is 0.306 e. The molecular formula is C24H41NO5. The topological polar surface area (TPSA) is 79.6 Å². The molecule has 0 radical (unpaired) electrons. The lowest BCUT2D eigenvalue weighted by atomic mass is 10.1. The molecule has 0 N–H and O–H groups in total. The van der Waals surface area contributed by atoms with Gasteiger partial charge in [0.15, 0.2) is 6.10 Å². The first-order valence-corrected chi connectivity index (χ1v) is 11.5. The minimum absolute atomic E-state index is 0.256. The molecule has 0 amide bonds. The van der Waals surface area contributed by atoms with Gasteiger partial charge < -0.3 is 23.5 Å². The number of carboxylic acid groups (broad SMARTS) is 1. The number of likely N-dealkylation sites (N-methyl/N-ethyl adjacent to an activating group) is 1. The predicted octanol–water partition coefficient (Wildman–Crippen LogP) is 3.65. The second-order valence-corrected chi connectivity index (χ2v) is 9.25. The number of hydrogen-bond acceptors (Lipinski definition) is 5. The van der Waals surface area contributed by atoms with Crippen LogP contribution < -0.4 is 5.11 Å². The fourth-order valence-electron chi connectivity index (χ4n) is 3.52. The molecule has 1 heterocycles. The van der Waals surface area contributed by atoms with Crippen LogP contribution >= 0.6 is 0 Å². The second kappa shape index (κ2) is 14.2. The van der Waals surface area contributed by atoms with Gasteiger partial charge in [-0.05, 0) is 31.4 Å². The summed E-state index contributed by atoms with van der Waals surface area (Å²) in [5, 5.41) is 10.9. The number of ether oxygens (including phenoxy) is 1. The Morgan fingerprint density at radius 1 is 0.967 bits per heavy atom. The normalized spacial score (nSPS) is 12.7. The average Bonchev–Trinajstić information content (AvgIpc) is 3.06. The van der Waals surface area contributed by atoms with Crippen molar-refractivity contribution in [2.75, 3.05) is 27.7 Å². The van der Waals surface area contributed by atoms with Gasteiger partial charge in [-0.1, -0.05) is 39.0 Å². The maximum absolute atomic E-state index is 12.0. The molecule has 0 aliphatic carbocycles. The van der Waals surface area contributed by atoms with Gasteiger partial charge in [0.05, 0.1) is 21.1 Å². The molecule has 6 heteroatoms. The highest BCUT2D eigenvalue weighted by Gasteiger charge is 2.22.